The number of halogens is 1. The summed E-state index contributed by atoms with van der Waals surface area (Å²) in [5, 5.41) is 3.62. The van der Waals surface area contributed by atoms with Crippen molar-refractivity contribution in [2.45, 2.75) is 12.8 Å². The number of aromatic amines is 1. The number of nitrogens with zero attached hydrogens (tertiary/aromatic N) is 1. The first-order chi connectivity index (χ1) is 13.1. The van der Waals surface area contributed by atoms with Crippen molar-refractivity contribution in [2.75, 3.05) is 18.5 Å². The summed E-state index contributed by atoms with van der Waals surface area (Å²) >= 11 is 6.26. The van der Waals surface area contributed by atoms with Crippen LogP contribution in [0.1, 0.15) is 12.0 Å². The van der Waals surface area contributed by atoms with Crippen LogP contribution in [0.15, 0.2) is 41.5 Å². The molecule has 0 saturated carbocycles. The van der Waals surface area contributed by atoms with E-state index in [1.807, 2.05) is 0 Å². The number of hydrogen-bond donors (Lipinski definition) is 2. The van der Waals surface area contributed by atoms with Crippen molar-refractivity contribution in [3.05, 3.63) is 57.6 Å². The molecular formula is C19H16ClN3O4. The second-order valence-corrected chi connectivity index (χ2v) is 6.55. The lowest BCUT2D eigenvalue weighted by atomic mass is 10.1. The molecule has 7 nitrogen and oxygen atoms in total. The third kappa shape index (κ3) is 3.73. The van der Waals surface area contributed by atoms with Crippen molar-refractivity contribution in [3.8, 4) is 11.5 Å². The molecule has 1 aliphatic heterocycles. The summed E-state index contributed by atoms with van der Waals surface area (Å²) in [5.41, 5.74) is 1.53. The number of carbonyl (C=O) groups is 1. The first-order valence-corrected chi connectivity index (χ1v) is 8.83. The van der Waals surface area contributed by atoms with E-state index in [4.69, 9.17) is 21.1 Å². The van der Waals surface area contributed by atoms with Crippen LogP contribution in [0.25, 0.3) is 10.9 Å². The number of carbonyl (C=O) groups excluding carboxylic acids is 1. The van der Waals surface area contributed by atoms with Crippen LogP contribution in [0.5, 0.6) is 11.5 Å². The van der Waals surface area contributed by atoms with E-state index >= 15 is 0 Å². The maximum absolute atomic E-state index is 12.4. The summed E-state index contributed by atoms with van der Waals surface area (Å²) in [7, 11) is 0. The van der Waals surface area contributed by atoms with Crippen LogP contribution < -0.4 is 20.3 Å². The summed E-state index contributed by atoms with van der Waals surface area (Å²) < 4.78 is 11.2. The van der Waals surface area contributed by atoms with Crippen molar-refractivity contribution < 1.29 is 14.3 Å². The highest BCUT2D eigenvalue weighted by molar-refractivity contribution is 6.32. The fourth-order valence-electron chi connectivity index (χ4n) is 2.92. The standard InChI is InChI=1S/C19H16ClN3O4/c20-14-6-11(7-16-18(14)27-5-1-4-26-16)8-17(24)23-12-2-3-15-13(9-12)19(25)22-10-21-15/h2-3,6-7,9-10H,1,4-5,8H2,(H,23,24)(H,21,22,25). The molecule has 1 aromatic heterocycles. The number of benzene rings is 2. The van der Waals surface area contributed by atoms with Crippen LogP contribution in [-0.4, -0.2) is 29.1 Å². The average molecular weight is 386 g/mol. The second-order valence-electron chi connectivity index (χ2n) is 6.14. The minimum Gasteiger partial charge on any atom is -0.489 e. The zero-order chi connectivity index (χ0) is 18.8. The number of H-pyrrole nitrogens is 1. The lowest BCUT2D eigenvalue weighted by Crippen LogP contribution is -2.15. The minimum atomic E-state index is -0.259. The molecule has 3 aromatic rings. The van der Waals surface area contributed by atoms with Gasteiger partial charge < -0.3 is 19.8 Å². The van der Waals surface area contributed by atoms with Gasteiger partial charge in [0.15, 0.2) is 11.5 Å². The predicted octanol–water partition coefficient (Wildman–Crippen LogP) is 2.92. The maximum Gasteiger partial charge on any atom is 0.258 e. The van der Waals surface area contributed by atoms with Gasteiger partial charge in [-0.2, -0.15) is 0 Å². The Hall–Kier alpha value is -3.06. The van der Waals surface area contributed by atoms with Crippen molar-refractivity contribution in [3.63, 3.8) is 0 Å². The first kappa shape index (κ1) is 17.4. The Bertz CT molecular complexity index is 1080. The van der Waals surface area contributed by atoms with Gasteiger partial charge in [-0.15, -0.1) is 0 Å². The van der Waals surface area contributed by atoms with Gasteiger partial charge in [0, 0.05) is 12.1 Å². The summed E-state index contributed by atoms with van der Waals surface area (Å²) in [6.07, 6.45) is 2.23. The number of hydrogen-bond acceptors (Lipinski definition) is 5. The van der Waals surface area contributed by atoms with Crippen LogP contribution in [0.3, 0.4) is 0 Å². The molecular weight excluding hydrogens is 370 g/mol. The van der Waals surface area contributed by atoms with Crippen molar-refractivity contribution in [1.82, 2.24) is 9.97 Å². The van der Waals surface area contributed by atoms with Crippen LogP contribution in [0.4, 0.5) is 5.69 Å². The Morgan fingerprint density at radius 3 is 2.96 bits per heavy atom. The highest BCUT2D eigenvalue weighted by Crippen LogP contribution is 2.38. The Balaban J connectivity index is 1.53. The Morgan fingerprint density at radius 1 is 1.22 bits per heavy atom. The number of anilines is 1. The van der Waals surface area contributed by atoms with Crippen molar-refractivity contribution in [1.29, 1.82) is 0 Å². The molecule has 1 aliphatic rings. The molecule has 8 heteroatoms. The summed E-state index contributed by atoms with van der Waals surface area (Å²) in [4.78, 5) is 30.9. The summed E-state index contributed by atoms with van der Waals surface area (Å²) in [6, 6.07) is 8.45. The largest absolute Gasteiger partial charge is 0.489 e. The van der Waals surface area contributed by atoms with Crippen LogP contribution in [0.2, 0.25) is 5.02 Å². The summed E-state index contributed by atoms with van der Waals surface area (Å²) in [6.45, 7) is 1.08. The molecule has 1 amide bonds. The van der Waals surface area contributed by atoms with Gasteiger partial charge in [-0.05, 0) is 35.9 Å². The molecule has 2 N–H and O–H groups in total. The molecule has 0 unspecified atom stereocenters. The fourth-order valence-corrected chi connectivity index (χ4v) is 3.21. The quantitative estimate of drug-likeness (QED) is 0.723. The van der Waals surface area contributed by atoms with Gasteiger partial charge in [-0.3, -0.25) is 9.59 Å². The molecule has 4 rings (SSSR count). The molecule has 0 bridgehead atoms. The smallest absolute Gasteiger partial charge is 0.258 e. The Morgan fingerprint density at radius 2 is 2.07 bits per heavy atom. The van der Waals surface area contributed by atoms with Crippen molar-refractivity contribution in [2.24, 2.45) is 0 Å². The number of aromatic nitrogens is 2. The van der Waals surface area contributed by atoms with Crippen molar-refractivity contribution >= 4 is 34.1 Å². The molecule has 0 saturated heterocycles. The normalized spacial score (nSPS) is 13.2. The zero-order valence-electron chi connectivity index (χ0n) is 14.3. The molecule has 0 spiro atoms. The van der Waals surface area contributed by atoms with Gasteiger partial charge in [0.2, 0.25) is 5.91 Å². The van der Waals surface area contributed by atoms with E-state index in [2.05, 4.69) is 15.3 Å². The predicted molar refractivity (Wildman–Crippen MR) is 102 cm³/mol. The summed E-state index contributed by atoms with van der Waals surface area (Å²) in [5.74, 6) is 0.825. The third-order valence-corrected chi connectivity index (χ3v) is 4.43. The highest BCUT2D eigenvalue weighted by atomic mass is 35.5. The average Bonchev–Trinajstić information content (AvgIpc) is 2.88. The molecule has 27 heavy (non-hydrogen) atoms. The van der Waals surface area contributed by atoms with Gasteiger partial charge >= 0.3 is 0 Å². The van der Waals surface area contributed by atoms with Gasteiger partial charge in [0.1, 0.15) is 0 Å². The molecule has 2 heterocycles. The van der Waals surface area contributed by atoms with Crippen LogP contribution in [0, 0.1) is 0 Å². The number of nitrogens with one attached hydrogen (secondary N) is 2. The fraction of sp³-hybridized carbons (Fsp3) is 0.211. The Labute approximate surface area is 159 Å². The zero-order valence-corrected chi connectivity index (χ0v) is 15.0. The van der Waals surface area contributed by atoms with Crippen LogP contribution >= 0.6 is 11.6 Å². The molecule has 0 fully saturated rings. The maximum atomic E-state index is 12.4. The monoisotopic (exact) mass is 385 g/mol. The third-order valence-electron chi connectivity index (χ3n) is 4.15. The van der Waals surface area contributed by atoms with Gasteiger partial charge in [-0.1, -0.05) is 11.6 Å². The number of ether oxygens (including phenoxy) is 2. The minimum absolute atomic E-state index is 0.109. The highest BCUT2D eigenvalue weighted by Gasteiger charge is 2.17. The topological polar surface area (TPSA) is 93.3 Å². The van der Waals surface area contributed by atoms with E-state index < -0.39 is 0 Å². The lowest BCUT2D eigenvalue weighted by molar-refractivity contribution is -0.115. The van der Waals surface area contributed by atoms with E-state index in [1.165, 1.54) is 6.33 Å². The molecule has 2 aromatic carbocycles. The lowest BCUT2D eigenvalue weighted by Gasteiger charge is -2.12. The van der Waals surface area contributed by atoms with Crippen LogP contribution in [-0.2, 0) is 11.2 Å². The van der Waals surface area contributed by atoms with E-state index in [1.54, 1.807) is 30.3 Å². The first-order valence-electron chi connectivity index (χ1n) is 8.45. The molecule has 0 atom stereocenters. The number of fused-ring (bicyclic) bond motifs is 2. The van der Waals surface area contributed by atoms with Gasteiger partial charge in [0.25, 0.3) is 5.56 Å². The second kappa shape index (κ2) is 7.28. The number of amides is 1. The van der Waals surface area contributed by atoms with E-state index in [9.17, 15) is 9.59 Å². The van der Waals surface area contributed by atoms with Gasteiger partial charge in [-0.25, -0.2) is 4.98 Å². The molecule has 0 aliphatic carbocycles. The van der Waals surface area contributed by atoms with E-state index in [0.717, 1.165) is 6.42 Å². The SMILES string of the molecule is O=C(Cc1cc(Cl)c2c(c1)OCCCO2)Nc1ccc2nc[nH]c(=O)c2c1. The van der Waals surface area contributed by atoms with E-state index in [-0.39, 0.29) is 17.9 Å². The molecule has 0 radical (unpaired) electrons. The number of rotatable bonds is 3. The molecule has 138 valence electrons. The Kier molecular flexibility index (Phi) is 4.68. The van der Waals surface area contributed by atoms with Gasteiger partial charge in [0.05, 0.1) is 41.9 Å². The van der Waals surface area contributed by atoms with E-state index in [0.29, 0.717) is 51.9 Å².